The monoisotopic (exact) mass is 685 g/mol. The van der Waals surface area contributed by atoms with E-state index in [4.69, 9.17) is 58.0 Å². The molecular weight excluding hydrogens is 652 g/mol. The number of carbonyl (C=O) groups excluding carboxylic acids is 3. The van der Waals surface area contributed by atoms with Crippen LogP contribution in [0.5, 0.6) is 0 Å². The minimum atomic E-state index is -0.233. The summed E-state index contributed by atoms with van der Waals surface area (Å²) >= 11 is 28.9. The molecule has 0 saturated heterocycles. The van der Waals surface area contributed by atoms with Crippen molar-refractivity contribution in [3.63, 3.8) is 0 Å². The highest BCUT2D eigenvalue weighted by molar-refractivity contribution is 6.42. The van der Waals surface area contributed by atoms with Crippen LogP contribution in [-0.2, 0) is 14.4 Å². The molecule has 0 heterocycles. The van der Waals surface area contributed by atoms with E-state index >= 15 is 0 Å². The van der Waals surface area contributed by atoms with Gasteiger partial charge in [0.1, 0.15) is 0 Å². The Morgan fingerprint density at radius 2 is 1.19 bits per heavy atom. The van der Waals surface area contributed by atoms with Crippen LogP contribution in [0, 0.1) is 12.8 Å². The Bertz CT molecular complexity index is 1430. The number of carbonyl (C=O) groups is 3. The lowest BCUT2D eigenvalue weighted by molar-refractivity contribution is -0.119. The quantitative estimate of drug-likeness (QED) is 0.206. The summed E-state index contributed by atoms with van der Waals surface area (Å²) in [5.74, 6) is -0.173. The van der Waals surface area contributed by atoms with Crippen molar-refractivity contribution in [2.75, 3.05) is 16.0 Å². The van der Waals surface area contributed by atoms with E-state index in [9.17, 15) is 14.4 Å². The van der Waals surface area contributed by atoms with E-state index in [-0.39, 0.29) is 23.6 Å². The lowest BCUT2D eigenvalue weighted by Gasteiger charge is -2.11. The van der Waals surface area contributed by atoms with Gasteiger partial charge in [0, 0.05) is 40.0 Å². The van der Waals surface area contributed by atoms with Gasteiger partial charge in [0.2, 0.25) is 11.8 Å². The summed E-state index contributed by atoms with van der Waals surface area (Å²) in [5.41, 5.74) is 3.49. The lowest BCUT2D eigenvalue weighted by Crippen LogP contribution is -2.20. The molecule has 1 unspecified atom stereocenters. The molecule has 0 bridgehead atoms. The number of amides is 3. The topological polar surface area (TPSA) is 87.3 Å². The molecular formula is C32H36Cl5N3O3. The Balaban J connectivity index is 0.000000324. The zero-order valence-corrected chi connectivity index (χ0v) is 28.5. The fraction of sp³-hybridized carbons (Fsp3) is 0.281. The largest absolute Gasteiger partial charge is 0.326 e. The van der Waals surface area contributed by atoms with Crippen LogP contribution in [0.15, 0.2) is 66.7 Å². The zero-order valence-electron chi connectivity index (χ0n) is 24.7. The summed E-state index contributed by atoms with van der Waals surface area (Å²) in [6, 6.07) is 15.4. The molecule has 3 N–H and O–H groups in total. The third kappa shape index (κ3) is 14.5. The summed E-state index contributed by atoms with van der Waals surface area (Å²) in [6.45, 7) is 12.9. The van der Waals surface area contributed by atoms with Crippen molar-refractivity contribution in [2.45, 2.75) is 53.9 Å². The average molecular weight is 688 g/mol. The minimum absolute atomic E-state index is 0.0432. The standard InChI is InChI=1S/C13H18ClNO.C10H9Cl2NO.C9H9Cl2NO/c1-4-5-10(3)13(16)15-11-7-6-9(2)12(14)8-11;1-6(2)10(14)13-7-3-4-8(11)9(12)5-7;1-2-9(13)12-6-3-4-7(10)8(11)5-6/h6-8,10H,4-5H2,1-3H3,(H,15,16);3-5H,1H2,2H3,(H,13,14);3-5H,2H2,1H3,(H,12,13). The van der Waals surface area contributed by atoms with E-state index < -0.39 is 0 Å². The Hall–Kier alpha value is -2.74. The van der Waals surface area contributed by atoms with Gasteiger partial charge < -0.3 is 16.0 Å². The van der Waals surface area contributed by atoms with Crippen LogP contribution >= 0.6 is 58.0 Å². The highest BCUT2D eigenvalue weighted by Gasteiger charge is 2.12. The third-order valence-electron chi connectivity index (χ3n) is 5.70. The number of aryl methyl sites for hydroxylation is 1. The Labute approximate surface area is 279 Å². The first-order valence-corrected chi connectivity index (χ1v) is 15.3. The molecule has 0 aliphatic heterocycles. The van der Waals surface area contributed by atoms with Gasteiger partial charge in [-0.3, -0.25) is 14.4 Å². The first-order chi connectivity index (χ1) is 20.2. The predicted molar refractivity (Wildman–Crippen MR) is 184 cm³/mol. The first-order valence-electron chi connectivity index (χ1n) is 13.4. The highest BCUT2D eigenvalue weighted by atomic mass is 35.5. The van der Waals surface area contributed by atoms with Crippen LogP contribution in [0.1, 0.15) is 52.5 Å². The Morgan fingerprint density at radius 3 is 1.63 bits per heavy atom. The molecule has 0 fully saturated rings. The number of hydrogen-bond donors (Lipinski definition) is 3. The van der Waals surface area contributed by atoms with Crippen molar-refractivity contribution in [3.05, 3.63) is 97.4 Å². The minimum Gasteiger partial charge on any atom is -0.326 e. The maximum Gasteiger partial charge on any atom is 0.250 e. The molecule has 232 valence electrons. The van der Waals surface area contributed by atoms with Crippen LogP contribution in [0.25, 0.3) is 0 Å². The van der Waals surface area contributed by atoms with Crippen LogP contribution in [0.4, 0.5) is 17.1 Å². The SMILES string of the molecule is C=C(C)C(=O)Nc1ccc(Cl)c(Cl)c1.CCC(=O)Nc1ccc(Cl)c(Cl)c1.CCCC(C)C(=O)Nc1ccc(C)c(Cl)c1. The third-order valence-corrected chi connectivity index (χ3v) is 7.58. The summed E-state index contributed by atoms with van der Waals surface area (Å²) in [4.78, 5) is 34.0. The fourth-order valence-corrected chi connectivity index (χ4v) is 3.91. The molecule has 3 amide bonds. The van der Waals surface area contributed by atoms with Crippen molar-refractivity contribution in [3.8, 4) is 0 Å². The molecule has 43 heavy (non-hydrogen) atoms. The second kappa shape index (κ2) is 19.5. The Kier molecular flexibility index (Phi) is 17.4. The first kappa shape index (κ1) is 38.3. The summed E-state index contributed by atoms with van der Waals surface area (Å²) in [5, 5.41) is 10.6. The molecule has 1 atom stereocenters. The normalized spacial score (nSPS) is 10.7. The fourth-order valence-electron chi connectivity index (χ4n) is 3.14. The molecule has 3 aromatic rings. The molecule has 11 heteroatoms. The molecule has 3 rings (SSSR count). The molecule has 0 aromatic heterocycles. The van der Waals surface area contributed by atoms with E-state index in [0.717, 1.165) is 24.1 Å². The molecule has 0 radical (unpaired) electrons. The van der Waals surface area contributed by atoms with E-state index in [1.807, 2.05) is 26.0 Å². The highest BCUT2D eigenvalue weighted by Crippen LogP contribution is 2.26. The molecule has 6 nitrogen and oxygen atoms in total. The van der Waals surface area contributed by atoms with Gasteiger partial charge in [0.25, 0.3) is 5.91 Å². The molecule has 0 spiro atoms. The number of nitrogens with one attached hydrogen (secondary N) is 3. The number of rotatable bonds is 8. The van der Waals surface area contributed by atoms with Gasteiger partial charge in [-0.05, 0) is 74.4 Å². The van der Waals surface area contributed by atoms with Gasteiger partial charge in [-0.2, -0.15) is 0 Å². The van der Waals surface area contributed by atoms with Gasteiger partial charge in [-0.25, -0.2) is 0 Å². The van der Waals surface area contributed by atoms with Crippen molar-refractivity contribution in [1.82, 2.24) is 0 Å². The lowest BCUT2D eigenvalue weighted by atomic mass is 10.1. The molecule has 0 aliphatic rings. The van der Waals surface area contributed by atoms with Crippen LogP contribution < -0.4 is 16.0 Å². The number of benzene rings is 3. The summed E-state index contributed by atoms with van der Waals surface area (Å²) in [6.07, 6.45) is 2.37. The molecule has 0 aliphatic carbocycles. The predicted octanol–water partition coefficient (Wildman–Crippen LogP) is 10.9. The van der Waals surface area contributed by atoms with Gasteiger partial charge in [-0.15, -0.1) is 0 Å². The van der Waals surface area contributed by atoms with E-state index in [2.05, 4.69) is 29.5 Å². The van der Waals surface area contributed by atoms with Gasteiger partial charge in [-0.1, -0.05) is 97.8 Å². The van der Waals surface area contributed by atoms with Gasteiger partial charge in [0.15, 0.2) is 0 Å². The van der Waals surface area contributed by atoms with Crippen molar-refractivity contribution in [2.24, 2.45) is 5.92 Å². The smallest absolute Gasteiger partial charge is 0.250 e. The second-order valence-corrected chi connectivity index (χ2v) is 11.6. The maximum atomic E-state index is 11.7. The summed E-state index contributed by atoms with van der Waals surface area (Å²) < 4.78 is 0. The maximum absolute atomic E-state index is 11.7. The Morgan fingerprint density at radius 1 is 0.721 bits per heavy atom. The van der Waals surface area contributed by atoms with Crippen LogP contribution in [-0.4, -0.2) is 17.7 Å². The van der Waals surface area contributed by atoms with Gasteiger partial charge >= 0.3 is 0 Å². The zero-order chi connectivity index (χ0) is 32.7. The van der Waals surface area contributed by atoms with Gasteiger partial charge in [0.05, 0.1) is 20.1 Å². The number of anilines is 3. The van der Waals surface area contributed by atoms with Crippen molar-refractivity contribution >= 4 is 92.8 Å². The van der Waals surface area contributed by atoms with E-state index in [1.165, 1.54) is 0 Å². The molecule has 0 saturated carbocycles. The summed E-state index contributed by atoms with van der Waals surface area (Å²) in [7, 11) is 0. The number of halogens is 5. The number of hydrogen-bond acceptors (Lipinski definition) is 3. The van der Waals surface area contributed by atoms with Crippen molar-refractivity contribution in [1.29, 1.82) is 0 Å². The van der Waals surface area contributed by atoms with E-state index in [0.29, 0.717) is 48.5 Å². The molecule has 3 aromatic carbocycles. The average Bonchev–Trinajstić information content (AvgIpc) is 2.95. The van der Waals surface area contributed by atoms with Crippen LogP contribution in [0.2, 0.25) is 25.1 Å². The second-order valence-electron chi connectivity index (χ2n) is 9.54. The van der Waals surface area contributed by atoms with Crippen molar-refractivity contribution < 1.29 is 14.4 Å². The van der Waals surface area contributed by atoms with Crippen LogP contribution in [0.3, 0.4) is 0 Å². The van der Waals surface area contributed by atoms with E-state index in [1.54, 1.807) is 56.3 Å².